The lowest BCUT2D eigenvalue weighted by Crippen LogP contribution is -2.27. The number of guanidine groups is 1. The maximum Gasteiger partial charge on any atom is 0.193 e. The van der Waals surface area contributed by atoms with Crippen LogP contribution >= 0.6 is 11.3 Å². The molecule has 2 rings (SSSR count). The standard InChI is InChI=1S/C19H28N4O2S/c1-5-24-14-9-10-17(25-6-2)15(12-14)22-19(20)21-13-16(23(3)4)18-8-7-11-26-18/h7-12,16H,5-6,13H2,1-4H3,(H3,20,21,22). The summed E-state index contributed by atoms with van der Waals surface area (Å²) in [5.74, 6) is 1.83. The topological polar surface area (TPSA) is 72.1 Å². The van der Waals surface area contributed by atoms with E-state index in [-0.39, 0.29) is 6.04 Å². The average molecular weight is 377 g/mol. The molecule has 1 aromatic heterocycles. The molecule has 0 aliphatic heterocycles. The highest BCUT2D eigenvalue weighted by atomic mass is 32.1. The van der Waals surface area contributed by atoms with Crippen molar-refractivity contribution in [1.29, 1.82) is 0 Å². The summed E-state index contributed by atoms with van der Waals surface area (Å²) in [6.07, 6.45) is 0. The van der Waals surface area contributed by atoms with Gasteiger partial charge in [0.25, 0.3) is 0 Å². The lowest BCUT2D eigenvalue weighted by Gasteiger charge is -2.21. The molecule has 1 aromatic carbocycles. The predicted molar refractivity (Wildman–Crippen MR) is 110 cm³/mol. The number of rotatable bonds is 9. The van der Waals surface area contributed by atoms with Gasteiger partial charge in [0.05, 0.1) is 31.5 Å². The molecule has 0 saturated carbocycles. The van der Waals surface area contributed by atoms with E-state index in [1.807, 2.05) is 46.1 Å². The zero-order chi connectivity index (χ0) is 18.9. The van der Waals surface area contributed by atoms with Crippen LogP contribution in [0, 0.1) is 0 Å². The number of hydrogen-bond donors (Lipinski definition) is 2. The summed E-state index contributed by atoms with van der Waals surface area (Å²) in [5.41, 5.74) is 6.87. The van der Waals surface area contributed by atoms with Crippen molar-refractivity contribution < 1.29 is 9.47 Å². The molecule has 2 aromatic rings. The zero-order valence-electron chi connectivity index (χ0n) is 15.9. The van der Waals surface area contributed by atoms with Gasteiger partial charge in [-0.05, 0) is 51.5 Å². The van der Waals surface area contributed by atoms with Crippen molar-refractivity contribution in [1.82, 2.24) is 4.90 Å². The van der Waals surface area contributed by atoms with E-state index >= 15 is 0 Å². The fourth-order valence-electron chi connectivity index (χ4n) is 2.50. The second-order valence-corrected chi connectivity index (χ2v) is 6.85. The van der Waals surface area contributed by atoms with Crippen LogP contribution < -0.4 is 20.5 Å². The van der Waals surface area contributed by atoms with E-state index in [1.54, 1.807) is 11.3 Å². The van der Waals surface area contributed by atoms with E-state index in [1.165, 1.54) is 4.88 Å². The summed E-state index contributed by atoms with van der Waals surface area (Å²) >= 11 is 1.72. The van der Waals surface area contributed by atoms with Crippen LogP contribution in [-0.2, 0) is 0 Å². The van der Waals surface area contributed by atoms with Gasteiger partial charge in [0.2, 0.25) is 0 Å². The Bertz CT molecular complexity index is 702. The van der Waals surface area contributed by atoms with Gasteiger partial charge in [-0.2, -0.15) is 0 Å². The molecule has 7 heteroatoms. The maximum absolute atomic E-state index is 6.12. The lowest BCUT2D eigenvalue weighted by molar-refractivity contribution is 0.311. The number of anilines is 1. The number of thiophene rings is 1. The third-order valence-corrected chi connectivity index (χ3v) is 4.73. The van der Waals surface area contributed by atoms with Crippen LogP contribution in [0.3, 0.4) is 0 Å². The van der Waals surface area contributed by atoms with Crippen LogP contribution in [-0.4, -0.2) is 44.7 Å². The molecule has 3 N–H and O–H groups in total. The van der Waals surface area contributed by atoms with Crippen LogP contribution in [0.4, 0.5) is 5.69 Å². The number of ether oxygens (including phenoxy) is 2. The van der Waals surface area contributed by atoms with Crippen molar-refractivity contribution in [3.8, 4) is 11.5 Å². The third kappa shape index (κ3) is 5.64. The Morgan fingerprint density at radius 1 is 1.23 bits per heavy atom. The largest absolute Gasteiger partial charge is 0.494 e. The minimum atomic E-state index is 0.191. The van der Waals surface area contributed by atoms with E-state index in [0.717, 1.165) is 17.2 Å². The summed E-state index contributed by atoms with van der Waals surface area (Å²) < 4.78 is 11.2. The number of nitrogens with zero attached hydrogens (tertiary/aromatic N) is 2. The fraction of sp³-hybridized carbons (Fsp3) is 0.421. The highest BCUT2D eigenvalue weighted by molar-refractivity contribution is 7.10. The summed E-state index contributed by atoms with van der Waals surface area (Å²) in [4.78, 5) is 7.93. The first kappa shape index (κ1) is 20.1. The van der Waals surface area contributed by atoms with Crippen molar-refractivity contribution in [3.63, 3.8) is 0 Å². The molecule has 0 amide bonds. The second-order valence-electron chi connectivity index (χ2n) is 5.87. The van der Waals surface area contributed by atoms with Gasteiger partial charge in [-0.1, -0.05) is 6.07 Å². The highest BCUT2D eigenvalue weighted by Crippen LogP contribution is 2.29. The maximum atomic E-state index is 6.12. The Balaban J connectivity index is 2.13. The highest BCUT2D eigenvalue weighted by Gasteiger charge is 2.15. The molecule has 1 heterocycles. The first-order chi connectivity index (χ1) is 12.5. The molecular weight excluding hydrogens is 348 g/mol. The van der Waals surface area contributed by atoms with E-state index < -0.39 is 0 Å². The lowest BCUT2D eigenvalue weighted by atomic mass is 10.2. The first-order valence-corrected chi connectivity index (χ1v) is 9.59. The smallest absolute Gasteiger partial charge is 0.193 e. The minimum Gasteiger partial charge on any atom is -0.494 e. The van der Waals surface area contributed by atoms with Gasteiger partial charge >= 0.3 is 0 Å². The molecule has 26 heavy (non-hydrogen) atoms. The number of aliphatic imine (C=N–C) groups is 1. The van der Waals surface area contributed by atoms with Gasteiger partial charge < -0.3 is 25.4 Å². The fourth-order valence-corrected chi connectivity index (χ4v) is 3.41. The normalized spacial score (nSPS) is 12.9. The van der Waals surface area contributed by atoms with Crippen LogP contribution in [0.25, 0.3) is 0 Å². The zero-order valence-corrected chi connectivity index (χ0v) is 16.7. The molecule has 142 valence electrons. The number of nitrogens with two attached hydrogens (primary N) is 1. The van der Waals surface area contributed by atoms with Crippen LogP contribution in [0.5, 0.6) is 11.5 Å². The summed E-state index contributed by atoms with van der Waals surface area (Å²) in [6.45, 7) is 5.64. The van der Waals surface area contributed by atoms with Crippen LogP contribution in [0.2, 0.25) is 0 Å². The number of nitrogens with one attached hydrogen (secondary N) is 1. The Labute approximate surface area is 159 Å². The Morgan fingerprint density at radius 3 is 2.62 bits per heavy atom. The number of hydrogen-bond acceptors (Lipinski definition) is 5. The van der Waals surface area contributed by atoms with E-state index in [4.69, 9.17) is 15.2 Å². The van der Waals surface area contributed by atoms with Crippen molar-refractivity contribution in [2.75, 3.05) is 39.2 Å². The van der Waals surface area contributed by atoms with Gasteiger partial charge in [0.15, 0.2) is 5.96 Å². The van der Waals surface area contributed by atoms with Gasteiger partial charge in [-0.25, -0.2) is 0 Å². The van der Waals surface area contributed by atoms with Crippen molar-refractivity contribution in [2.45, 2.75) is 19.9 Å². The molecule has 0 spiro atoms. The molecule has 0 saturated heterocycles. The summed E-state index contributed by atoms with van der Waals surface area (Å²) in [6, 6.07) is 9.99. The molecule has 0 bridgehead atoms. The number of likely N-dealkylation sites (N-methyl/N-ethyl adjacent to an activating group) is 1. The van der Waals surface area contributed by atoms with Crippen molar-refractivity contribution >= 4 is 23.0 Å². The molecule has 6 nitrogen and oxygen atoms in total. The monoisotopic (exact) mass is 376 g/mol. The van der Waals surface area contributed by atoms with E-state index in [0.29, 0.717) is 25.7 Å². The van der Waals surface area contributed by atoms with E-state index in [2.05, 4.69) is 32.7 Å². The molecule has 0 radical (unpaired) electrons. The third-order valence-electron chi connectivity index (χ3n) is 3.75. The Morgan fingerprint density at radius 2 is 2.00 bits per heavy atom. The van der Waals surface area contributed by atoms with Crippen molar-refractivity contribution in [3.05, 3.63) is 40.6 Å². The average Bonchev–Trinajstić information content (AvgIpc) is 3.12. The predicted octanol–water partition coefficient (Wildman–Crippen LogP) is 3.58. The summed E-state index contributed by atoms with van der Waals surface area (Å²) in [7, 11) is 4.09. The number of benzene rings is 1. The molecule has 0 fully saturated rings. The molecule has 1 unspecified atom stereocenters. The summed E-state index contributed by atoms with van der Waals surface area (Å²) in [5, 5.41) is 5.22. The van der Waals surface area contributed by atoms with Crippen molar-refractivity contribution in [2.24, 2.45) is 10.7 Å². The SMILES string of the molecule is CCOc1ccc(OCC)c(NC(N)=NCC(c2cccs2)N(C)C)c1. The van der Waals surface area contributed by atoms with E-state index in [9.17, 15) is 0 Å². The van der Waals surface area contributed by atoms with Crippen LogP contribution in [0.15, 0.2) is 40.7 Å². The first-order valence-electron chi connectivity index (χ1n) is 8.71. The Hall–Kier alpha value is -2.25. The second kappa shape index (κ2) is 10.0. The van der Waals surface area contributed by atoms with Gasteiger partial charge in [-0.3, -0.25) is 4.99 Å². The molecule has 1 atom stereocenters. The van der Waals surface area contributed by atoms with Gasteiger partial charge in [-0.15, -0.1) is 11.3 Å². The van der Waals surface area contributed by atoms with Gasteiger partial charge in [0, 0.05) is 10.9 Å². The minimum absolute atomic E-state index is 0.191. The quantitative estimate of drug-likeness (QED) is 0.517. The van der Waals surface area contributed by atoms with Gasteiger partial charge in [0.1, 0.15) is 11.5 Å². The van der Waals surface area contributed by atoms with Crippen LogP contribution in [0.1, 0.15) is 24.8 Å². The Kier molecular flexibility index (Phi) is 7.74. The molecule has 0 aliphatic rings. The molecule has 0 aliphatic carbocycles. The molecular formula is C19H28N4O2S.